The van der Waals surface area contributed by atoms with Gasteiger partial charge in [0.15, 0.2) is 0 Å². The van der Waals surface area contributed by atoms with Crippen LogP contribution in [0.25, 0.3) is 0 Å². The third kappa shape index (κ3) is 3.27. The second-order valence-corrected chi connectivity index (χ2v) is 3.67. The van der Waals surface area contributed by atoms with Gasteiger partial charge < -0.3 is 10.0 Å². The topological polar surface area (TPSA) is 57.6 Å². The average Bonchev–Trinajstić information content (AvgIpc) is 2.29. The molecule has 0 saturated carbocycles. The van der Waals surface area contributed by atoms with Crippen LogP contribution in [0.4, 0.5) is 0 Å². The van der Waals surface area contributed by atoms with Crippen LogP contribution >= 0.6 is 12.6 Å². The third-order valence-corrected chi connectivity index (χ3v) is 2.55. The SMILES string of the molecule is O=CN(Cc1ccccc1)C(CS)C(=O)O. The Morgan fingerprint density at radius 2 is 2.06 bits per heavy atom. The highest BCUT2D eigenvalue weighted by molar-refractivity contribution is 7.80. The number of carboxylic acid groups (broad SMARTS) is 1. The highest BCUT2D eigenvalue weighted by Gasteiger charge is 2.22. The Balaban J connectivity index is 2.75. The molecule has 1 aromatic rings. The van der Waals surface area contributed by atoms with Crippen LogP contribution in [0.15, 0.2) is 30.3 Å². The summed E-state index contributed by atoms with van der Waals surface area (Å²) in [5.41, 5.74) is 0.891. The molecule has 0 spiro atoms. The zero-order valence-electron chi connectivity index (χ0n) is 8.61. The van der Waals surface area contributed by atoms with Crippen LogP contribution in [0.3, 0.4) is 0 Å². The van der Waals surface area contributed by atoms with Gasteiger partial charge in [-0.3, -0.25) is 4.79 Å². The molecule has 1 N–H and O–H groups in total. The van der Waals surface area contributed by atoms with Crippen molar-refractivity contribution in [2.24, 2.45) is 0 Å². The van der Waals surface area contributed by atoms with Crippen molar-refractivity contribution < 1.29 is 14.7 Å². The van der Waals surface area contributed by atoms with Crippen LogP contribution in [-0.4, -0.2) is 34.2 Å². The van der Waals surface area contributed by atoms with Crippen molar-refractivity contribution in [1.29, 1.82) is 0 Å². The molecule has 0 radical (unpaired) electrons. The Labute approximate surface area is 99.3 Å². The molecule has 0 bridgehead atoms. The first-order chi connectivity index (χ1) is 7.69. The highest BCUT2D eigenvalue weighted by atomic mass is 32.1. The zero-order valence-corrected chi connectivity index (χ0v) is 9.51. The number of hydrogen-bond donors (Lipinski definition) is 2. The molecule has 0 aromatic heterocycles. The fourth-order valence-corrected chi connectivity index (χ4v) is 1.71. The average molecular weight is 239 g/mol. The van der Waals surface area contributed by atoms with E-state index in [1.165, 1.54) is 4.90 Å². The van der Waals surface area contributed by atoms with Gasteiger partial charge in [-0.15, -0.1) is 0 Å². The Hall–Kier alpha value is -1.49. The van der Waals surface area contributed by atoms with E-state index in [-0.39, 0.29) is 12.3 Å². The number of amides is 1. The van der Waals surface area contributed by atoms with Gasteiger partial charge in [-0.1, -0.05) is 30.3 Å². The second-order valence-electron chi connectivity index (χ2n) is 3.30. The predicted octanol–water partition coefficient (Wildman–Crippen LogP) is 1.03. The van der Waals surface area contributed by atoms with Crippen molar-refractivity contribution in [3.8, 4) is 0 Å². The molecular formula is C11H13NO3S. The summed E-state index contributed by atoms with van der Waals surface area (Å²) in [6.45, 7) is 0.280. The van der Waals surface area contributed by atoms with Gasteiger partial charge >= 0.3 is 5.97 Å². The molecule has 1 rings (SSSR count). The zero-order chi connectivity index (χ0) is 12.0. The van der Waals surface area contributed by atoms with E-state index < -0.39 is 12.0 Å². The van der Waals surface area contributed by atoms with E-state index >= 15 is 0 Å². The van der Waals surface area contributed by atoms with Crippen LogP contribution in [0.2, 0.25) is 0 Å². The third-order valence-electron chi connectivity index (χ3n) is 2.20. The number of benzene rings is 1. The van der Waals surface area contributed by atoms with Crippen LogP contribution in [0, 0.1) is 0 Å². The summed E-state index contributed by atoms with van der Waals surface area (Å²) in [6.07, 6.45) is 0.544. The Kier molecular flexibility index (Phi) is 4.85. The second kappa shape index (κ2) is 6.17. The van der Waals surface area contributed by atoms with E-state index in [9.17, 15) is 9.59 Å². The molecule has 86 valence electrons. The van der Waals surface area contributed by atoms with E-state index in [0.717, 1.165) is 5.56 Å². The lowest BCUT2D eigenvalue weighted by molar-refractivity contribution is -0.145. The number of aliphatic carboxylic acids is 1. The van der Waals surface area contributed by atoms with Gasteiger partial charge in [0.25, 0.3) is 0 Å². The van der Waals surface area contributed by atoms with Gasteiger partial charge in [-0.2, -0.15) is 12.6 Å². The fraction of sp³-hybridized carbons (Fsp3) is 0.273. The number of nitrogens with zero attached hydrogens (tertiary/aromatic N) is 1. The highest BCUT2D eigenvalue weighted by Crippen LogP contribution is 2.07. The van der Waals surface area contributed by atoms with Crippen LogP contribution in [0.5, 0.6) is 0 Å². The molecule has 0 saturated heterocycles. The standard InChI is InChI=1S/C11H13NO3S/c13-8-12(10(7-16)11(14)15)6-9-4-2-1-3-5-9/h1-5,8,10,16H,6-7H2,(H,14,15). The van der Waals surface area contributed by atoms with Gasteiger partial charge in [-0.05, 0) is 5.56 Å². The van der Waals surface area contributed by atoms with Gasteiger partial charge in [0.05, 0.1) is 0 Å². The van der Waals surface area contributed by atoms with E-state index in [0.29, 0.717) is 6.41 Å². The fourth-order valence-electron chi connectivity index (χ4n) is 1.34. The molecule has 0 aliphatic heterocycles. The largest absolute Gasteiger partial charge is 0.480 e. The maximum atomic E-state index is 10.9. The van der Waals surface area contributed by atoms with Crippen LogP contribution in [-0.2, 0) is 16.1 Å². The maximum absolute atomic E-state index is 10.9. The van der Waals surface area contributed by atoms with Gasteiger partial charge in [0.2, 0.25) is 6.41 Å². The maximum Gasteiger partial charge on any atom is 0.327 e. The van der Waals surface area contributed by atoms with E-state index in [1.54, 1.807) is 0 Å². The lowest BCUT2D eigenvalue weighted by Gasteiger charge is -2.23. The van der Waals surface area contributed by atoms with Crippen molar-refractivity contribution in [1.82, 2.24) is 4.90 Å². The predicted molar refractivity (Wildman–Crippen MR) is 63.3 cm³/mol. The summed E-state index contributed by atoms with van der Waals surface area (Å²) in [6, 6.07) is 8.34. The molecule has 1 unspecified atom stereocenters. The molecule has 16 heavy (non-hydrogen) atoms. The molecule has 0 fully saturated rings. The molecule has 0 aliphatic carbocycles. The van der Waals surface area contributed by atoms with Gasteiger partial charge in [0.1, 0.15) is 6.04 Å². The molecule has 0 heterocycles. The van der Waals surface area contributed by atoms with Crippen LogP contribution in [0.1, 0.15) is 5.56 Å². The molecular weight excluding hydrogens is 226 g/mol. The Bertz CT molecular complexity index is 356. The minimum absolute atomic E-state index is 0.0981. The minimum Gasteiger partial charge on any atom is -0.480 e. The van der Waals surface area contributed by atoms with Crippen molar-refractivity contribution in [2.45, 2.75) is 12.6 Å². The molecule has 1 atom stereocenters. The van der Waals surface area contributed by atoms with Gasteiger partial charge in [-0.25, -0.2) is 4.79 Å². The summed E-state index contributed by atoms with van der Waals surface area (Å²) in [4.78, 5) is 22.9. The van der Waals surface area contributed by atoms with Crippen molar-refractivity contribution >= 4 is 25.0 Å². The summed E-state index contributed by atoms with van der Waals surface area (Å²) >= 11 is 3.93. The summed E-state index contributed by atoms with van der Waals surface area (Å²) in [7, 11) is 0. The molecule has 5 heteroatoms. The first-order valence-corrected chi connectivity index (χ1v) is 5.41. The molecule has 1 amide bonds. The number of rotatable bonds is 6. The smallest absolute Gasteiger partial charge is 0.327 e. The minimum atomic E-state index is -1.04. The number of thiol groups is 1. The number of carbonyl (C=O) groups excluding carboxylic acids is 1. The first-order valence-electron chi connectivity index (χ1n) is 4.77. The van der Waals surface area contributed by atoms with Crippen molar-refractivity contribution in [2.75, 3.05) is 5.75 Å². The molecule has 0 aliphatic rings. The van der Waals surface area contributed by atoms with Crippen molar-refractivity contribution in [3.63, 3.8) is 0 Å². The Morgan fingerprint density at radius 1 is 1.44 bits per heavy atom. The summed E-state index contributed by atoms with van der Waals surface area (Å²) < 4.78 is 0. The van der Waals surface area contributed by atoms with E-state index in [2.05, 4.69) is 12.6 Å². The number of carbonyl (C=O) groups is 2. The van der Waals surface area contributed by atoms with E-state index in [1.807, 2.05) is 30.3 Å². The van der Waals surface area contributed by atoms with E-state index in [4.69, 9.17) is 5.11 Å². The lowest BCUT2D eigenvalue weighted by atomic mass is 10.2. The summed E-state index contributed by atoms with van der Waals surface area (Å²) in [5, 5.41) is 8.90. The normalized spacial score (nSPS) is 11.8. The number of hydrogen-bond acceptors (Lipinski definition) is 3. The van der Waals surface area contributed by atoms with Crippen LogP contribution < -0.4 is 0 Å². The molecule has 1 aromatic carbocycles. The number of carboxylic acids is 1. The van der Waals surface area contributed by atoms with Gasteiger partial charge in [0, 0.05) is 12.3 Å². The lowest BCUT2D eigenvalue weighted by Crippen LogP contribution is -2.41. The Morgan fingerprint density at radius 3 is 2.50 bits per heavy atom. The first kappa shape index (κ1) is 12.6. The quantitative estimate of drug-likeness (QED) is 0.576. The van der Waals surface area contributed by atoms with Crippen molar-refractivity contribution in [3.05, 3.63) is 35.9 Å². The molecule has 4 nitrogen and oxygen atoms in total. The summed E-state index contributed by atoms with van der Waals surface area (Å²) in [5.74, 6) is -0.945. The monoisotopic (exact) mass is 239 g/mol.